The number of carbonyl (C=O) groups is 1. The Morgan fingerprint density at radius 2 is 2.19 bits per heavy atom. The van der Waals surface area contributed by atoms with Crippen LogP contribution in [0.1, 0.15) is 31.4 Å². The summed E-state index contributed by atoms with van der Waals surface area (Å²) < 4.78 is 5.52. The predicted molar refractivity (Wildman–Crippen MR) is 61.4 cm³/mol. The Morgan fingerprint density at radius 3 is 2.81 bits per heavy atom. The van der Waals surface area contributed by atoms with E-state index in [0.717, 1.165) is 12.0 Å². The van der Waals surface area contributed by atoms with Gasteiger partial charge < -0.3 is 15.6 Å². The van der Waals surface area contributed by atoms with E-state index in [0.29, 0.717) is 12.4 Å². The molecule has 4 nitrogen and oxygen atoms in total. The van der Waals surface area contributed by atoms with Gasteiger partial charge in [0.15, 0.2) is 0 Å². The number of carboxylic acid groups (broad SMARTS) is 1. The van der Waals surface area contributed by atoms with E-state index in [1.807, 2.05) is 25.1 Å². The Balaban J connectivity index is 2.80. The highest BCUT2D eigenvalue weighted by Crippen LogP contribution is 2.25. The summed E-state index contributed by atoms with van der Waals surface area (Å²) in [6, 6.07) is 6.77. The average Bonchev–Trinajstić information content (AvgIpc) is 2.25. The molecule has 0 saturated heterocycles. The molecule has 0 amide bonds. The Labute approximate surface area is 95.0 Å². The van der Waals surface area contributed by atoms with Gasteiger partial charge in [-0.15, -0.1) is 0 Å². The minimum absolute atomic E-state index is 0.0908. The van der Waals surface area contributed by atoms with Crippen molar-refractivity contribution in [1.82, 2.24) is 0 Å². The van der Waals surface area contributed by atoms with E-state index in [4.69, 9.17) is 15.6 Å². The van der Waals surface area contributed by atoms with Crippen molar-refractivity contribution in [2.24, 2.45) is 5.73 Å². The fourth-order valence-corrected chi connectivity index (χ4v) is 1.43. The van der Waals surface area contributed by atoms with Crippen LogP contribution in [0.3, 0.4) is 0 Å². The molecule has 0 saturated carbocycles. The molecule has 0 heterocycles. The highest BCUT2D eigenvalue weighted by atomic mass is 16.5. The third-order valence-corrected chi connectivity index (χ3v) is 2.17. The molecule has 0 aromatic heterocycles. The third-order valence-electron chi connectivity index (χ3n) is 2.17. The molecular formula is C12H17NO3. The third kappa shape index (κ3) is 3.55. The van der Waals surface area contributed by atoms with Crippen molar-refractivity contribution >= 4 is 5.97 Å². The van der Waals surface area contributed by atoms with Crippen molar-refractivity contribution in [2.75, 3.05) is 6.61 Å². The van der Waals surface area contributed by atoms with Gasteiger partial charge in [-0.25, -0.2) is 0 Å². The number of aliphatic carboxylic acids is 1. The van der Waals surface area contributed by atoms with Crippen molar-refractivity contribution < 1.29 is 14.6 Å². The van der Waals surface area contributed by atoms with Crippen molar-refractivity contribution in [2.45, 2.75) is 25.8 Å². The van der Waals surface area contributed by atoms with Crippen LogP contribution in [0.2, 0.25) is 0 Å². The standard InChI is InChI=1S/C12H17NO3/c1-2-7-16-11-6-4-3-5-9(11)10(13)8-12(14)15/h3-6,10H,2,7-8,13H2,1H3,(H,14,15)/t10-/m0/s1. The van der Waals surface area contributed by atoms with Gasteiger partial charge in [0.25, 0.3) is 0 Å². The Bertz CT molecular complexity index is 352. The average molecular weight is 223 g/mol. The molecule has 0 aliphatic heterocycles. The van der Waals surface area contributed by atoms with E-state index in [2.05, 4.69) is 0 Å². The maximum Gasteiger partial charge on any atom is 0.305 e. The molecule has 1 atom stereocenters. The zero-order chi connectivity index (χ0) is 12.0. The Morgan fingerprint density at radius 1 is 1.50 bits per heavy atom. The van der Waals surface area contributed by atoms with Crippen LogP contribution in [0.4, 0.5) is 0 Å². The van der Waals surface area contributed by atoms with Gasteiger partial charge in [0.2, 0.25) is 0 Å². The van der Waals surface area contributed by atoms with Gasteiger partial charge in [0.05, 0.1) is 13.0 Å². The lowest BCUT2D eigenvalue weighted by Gasteiger charge is -2.15. The van der Waals surface area contributed by atoms with Gasteiger partial charge in [-0.1, -0.05) is 25.1 Å². The van der Waals surface area contributed by atoms with Crippen molar-refractivity contribution in [1.29, 1.82) is 0 Å². The summed E-state index contributed by atoms with van der Waals surface area (Å²) in [6.07, 6.45) is 0.814. The quantitative estimate of drug-likeness (QED) is 0.773. The molecular weight excluding hydrogens is 206 g/mol. The first-order valence-corrected chi connectivity index (χ1v) is 5.34. The lowest BCUT2D eigenvalue weighted by Crippen LogP contribution is -2.16. The van der Waals surface area contributed by atoms with Crippen molar-refractivity contribution in [3.05, 3.63) is 29.8 Å². The van der Waals surface area contributed by atoms with Crippen LogP contribution >= 0.6 is 0 Å². The maximum absolute atomic E-state index is 10.6. The maximum atomic E-state index is 10.6. The number of rotatable bonds is 6. The first-order valence-electron chi connectivity index (χ1n) is 5.34. The van der Waals surface area contributed by atoms with Crippen molar-refractivity contribution in [3.8, 4) is 5.75 Å². The number of benzene rings is 1. The molecule has 1 aromatic carbocycles. The predicted octanol–water partition coefficient (Wildman–Crippen LogP) is 1.95. The van der Waals surface area contributed by atoms with Crippen LogP contribution in [-0.4, -0.2) is 17.7 Å². The molecule has 88 valence electrons. The van der Waals surface area contributed by atoms with Gasteiger partial charge in [0, 0.05) is 11.6 Å². The molecule has 16 heavy (non-hydrogen) atoms. The normalized spacial score (nSPS) is 12.1. The molecule has 0 aliphatic rings. The van der Waals surface area contributed by atoms with E-state index in [1.165, 1.54) is 0 Å². The number of para-hydroxylation sites is 1. The van der Waals surface area contributed by atoms with Gasteiger partial charge in [-0.3, -0.25) is 4.79 Å². The SMILES string of the molecule is CCCOc1ccccc1[C@@H](N)CC(=O)O. The number of carboxylic acids is 1. The lowest BCUT2D eigenvalue weighted by molar-refractivity contribution is -0.137. The van der Waals surface area contributed by atoms with Gasteiger partial charge in [-0.2, -0.15) is 0 Å². The largest absolute Gasteiger partial charge is 0.493 e. The summed E-state index contributed by atoms with van der Waals surface area (Å²) in [7, 11) is 0. The van der Waals surface area contributed by atoms with Crippen LogP contribution in [0.15, 0.2) is 24.3 Å². The molecule has 0 fully saturated rings. The zero-order valence-corrected chi connectivity index (χ0v) is 9.35. The summed E-state index contributed by atoms with van der Waals surface area (Å²) in [6.45, 7) is 2.62. The summed E-state index contributed by atoms with van der Waals surface area (Å²) >= 11 is 0. The van der Waals surface area contributed by atoms with Gasteiger partial charge in [-0.05, 0) is 12.5 Å². The fraction of sp³-hybridized carbons (Fsp3) is 0.417. The molecule has 0 radical (unpaired) electrons. The smallest absolute Gasteiger partial charge is 0.305 e. The van der Waals surface area contributed by atoms with Crippen LogP contribution in [0.25, 0.3) is 0 Å². The monoisotopic (exact) mass is 223 g/mol. The summed E-state index contributed by atoms with van der Waals surface area (Å²) in [5.74, 6) is -0.226. The minimum atomic E-state index is -0.905. The van der Waals surface area contributed by atoms with Crippen LogP contribution in [0.5, 0.6) is 5.75 Å². The van der Waals surface area contributed by atoms with E-state index in [-0.39, 0.29) is 6.42 Å². The number of nitrogens with two attached hydrogens (primary N) is 1. The second-order valence-corrected chi connectivity index (χ2v) is 3.59. The second kappa shape index (κ2) is 6.12. The summed E-state index contributed by atoms with van der Waals surface area (Å²) in [5.41, 5.74) is 6.56. The minimum Gasteiger partial charge on any atom is -0.493 e. The van der Waals surface area contributed by atoms with Gasteiger partial charge >= 0.3 is 5.97 Å². The highest BCUT2D eigenvalue weighted by molar-refractivity contribution is 5.68. The van der Waals surface area contributed by atoms with E-state index in [9.17, 15) is 4.79 Å². The number of hydrogen-bond acceptors (Lipinski definition) is 3. The van der Waals surface area contributed by atoms with Crippen LogP contribution in [-0.2, 0) is 4.79 Å². The first kappa shape index (κ1) is 12.5. The molecule has 0 bridgehead atoms. The molecule has 0 unspecified atom stereocenters. The molecule has 0 aliphatic carbocycles. The van der Waals surface area contributed by atoms with Crippen LogP contribution < -0.4 is 10.5 Å². The zero-order valence-electron chi connectivity index (χ0n) is 9.35. The summed E-state index contributed by atoms with van der Waals surface area (Å²) in [5, 5.41) is 8.69. The molecule has 3 N–H and O–H groups in total. The highest BCUT2D eigenvalue weighted by Gasteiger charge is 2.14. The molecule has 4 heteroatoms. The topological polar surface area (TPSA) is 72.5 Å². The molecule has 1 rings (SSSR count). The second-order valence-electron chi connectivity index (χ2n) is 3.59. The van der Waals surface area contributed by atoms with E-state index >= 15 is 0 Å². The lowest BCUT2D eigenvalue weighted by atomic mass is 10.0. The first-order chi connectivity index (χ1) is 7.65. The van der Waals surface area contributed by atoms with Crippen LogP contribution in [0, 0.1) is 0 Å². The van der Waals surface area contributed by atoms with E-state index < -0.39 is 12.0 Å². The fourth-order valence-electron chi connectivity index (χ4n) is 1.43. The number of ether oxygens (including phenoxy) is 1. The Hall–Kier alpha value is -1.55. The number of hydrogen-bond donors (Lipinski definition) is 2. The Kier molecular flexibility index (Phi) is 4.79. The van der Waals surface area contributed by atoms with Crippen molar-refractivity contribution in [3.63, 3.8) is 0 Å². The van der Waals surface area contributed by atoms with Gasteiger partial charge in [0.1, 0.15) is 5.75 Å². The van der Waals surface area contributed by atoms with E-state index in [1.54, 1.807) is 6.07 Å². The molecule has 1 aromatic rings. The summed E-state index contributed by atoms with van der Waals surface area (Å²) in [4.78, 5) is 10.6. The molecule has 0 spiro atoms.